The lowest BCUT2D eigenvalue weighted by atomic mass is 10.2. The zero-order valence-electron chi connectivity index (χ0n) is 11.9. The average Bonchev–Trinajstić information content (AvgIpc) is 2.44. The highest BCUT2D eigenvalue weighted by Gasteiger charge is 2.13. The number of rotatable bonds is 5. The largest absolute Gasteiger partial charge is 0.433 e. The summed E-state index contributed by atoms with van der Waals surface area (Å²) in [5, 5.41) is 5.98. The molecule has 21 heavy (non-hydrogen) atoms. The van der Waals surface area contributed by atoms with Crippen molar-refractivity contribution < 1.29 is 13.5 Å². The number of hydrogen-bond donors (Lipinski definition) is 2. The summed E-state index contributed by atoms with van der Waals surface area (Å²) >= 11 is 0. The van der Waals surface area contributed by atoms with Crippen molar-refractivity contribution in [2.75, 3.05) is 17.7 Å². The molecule has 0 aliphatic heterocycles. The molecular weight excluding hydrogens is 278 g/mol. The van der Waals surface area contributed by atoms with Crippen LogP contribution in [-0.4, -0.2) is 23.6 Å². The number of aromatic nitrogens is 2. The van der Waals surface area contributed by atoms with Crippen molar-refractivity contribution in [1.29, 1.82) is 0 Å². The van der Waals surface area contributed by atoms with Crippen molar-refractivity contribution in [2.45, 2.75) is 20.5 Å². The molecule has 2 N–H and O–H groups in total. The first-order valence-corrected chi connectivity index (χ1v) is 6.35. The Morgan fingerprint density at radius 2 is 1.76 bits per heavy atom. The van der Waals surface area contributed by atoms with E-state index in [-0.39, 0.29) is 5.75 Å². The molecule has 2 aromatic rings. The Balaban J connectivity index is 2.36. The summed E-state index contributed by atoms with van der Waals surface area (Å²) in [6, 6.07) is 6.47. The Morgan fingerprint density at radius 3 is 2.43 bits per heavy atom. The van der Waals surface area contributed by atoms with Gasteiger partial charge in [0, 0.05) is 12.6 Å². The van der Waals surface area contributed by atoms with Crippen LogP contribution in [0.2, 0.25) is 0 Å². The number of nitrogens with zero attached hydrogens (tertiary/aromatic N) is 2. The molecule has 112 valence electrons. The Hall–Kier alpha value is -2.44. The molecule has 2 rings (SSSR count). The normalized spacial score (nSPS) is 10.6. The maximum atomic E-state index is 12.4. The number of para-hydroxylation sites is 2. The number of anilines is 3. The highest BCUT2D eigenvalue weighted by molar-refractivity contribution is 5.68. The van der Waals surface area contributed by atoms with Crippen LogP contribution >= 0.6 is 0 Å². The van der Waals surface area contributed by atoms with Gasteiger partial charge in [-0.25, -0.2) is 9.97 Å². The minimum absolute atomic E-state index is 0.0640. The van der Waals surface area contributed by atoms with Gasteiger partial charge in [-0.1, -0.05) is 12.1 Å². The molecule has 0 saturated heterocycles. The Morgan fingerprint density at radius 1 is 1.10 bits per heavy atom. The molecule has 0 spiro atoms. The molecule has 0 bridgehead atoms. The van der Waals surface area contributed by atoms with Gasteiger partial charge in [-0.2, -0.15) is 8.78 Å². The molecule has 0 aliphatic carbocycles. The van der Waals surface area contributed by atoms with Gasteiger partial charge in [0.05, 0.1) is 5.69 Å². The van der Waals surface area contributed by atoms with Crippen LogP contribution < -0.4 is 15.4 Å². The van der Waals surface area contributed by atoms with E-state index >= 15 is 0 Å². The first-order chi connectivity index (χ1) is 10.0. The van der Waals surface area contributed by atoms with Crippen LogP contribution in [0.1, 0.15) is 11.4 Å². The summed E-state index contributed by atoms with van der Waals surface area (Å²) < 4.78 is 29.3. The lowest BCUT2D eigenvalue weighted by molar-refractivity contribution is -0.0493. The summed E-state index contributed by atoms with van der Waals surface area (Å²) in [6.07, 6.45) is 0. The van der Waals surface area contributed by atoms with E-state index in [0.29, 0.717) is 23.1 Å². The average molecular weight is 294 g/mol. The zero-order valence-corrected chi connectivity index (χ0v) is 11.9. The molecule has 0 unspecified atom stereocenters. The molecule has 5 nitrogen and oxygen atoms in total. The number of aryl methyl sites for hydroxylation is 1. The smallest absolute Gasteiger partial charge is 0.387 e. The second-order valence-corrected chi connectivity index (χ2v) is 4.34. The lowest BCUT2D eigenvalue weighted by Crippen LogP contribution is -2.07. The van der Waals surface area contributed by atoms with Crippen LogP contribution in [0.3, 0.4) is 0 Å². The first kappa shape index (κ1) is 15.0. The number of benzene rings is 1. The molecule has 1 aromatic carbocycles. The van der Waals surface area contributed by atoms with Crippen LogP contribution in [0.4, 0.5) is 26.1 Å². The molecule has 0 atom stereocenters. The minimum Gasteiger partial charge on any atom is -0.433 e. The van der Waals surface area contributed by atoms with Gasteiger partial charge in [0.15, 0.2) is 0 Å². The fraction of sp³-hybridized carbons (Fsp3) is 0.286. The number of ether oxygens (including phenoxy) is 1. The molecule has 0 saturated carbocycles. The van der Waals surface area contributed by atoms with Gasteiger partial charge in [0.2, 0.25) is 0 Å². The summed E-state index contributed by atoms with van der Waals surface area (Å²) in [4.78, 5) is 8.54. The van der Waals surface area contributed by atoms with E-state index in [4.69, 9.17) is 0 Å². The predicted octanol–water partition coefficient (Wildman–Crippen LogP) is 3.48. The second kappa shape index (κ2) is 6.34. The van der Waals surface area contributed by atoms with Crippen LogP contribution in [-0.2, 0) is 0 Å². The molecule has 0 amide bonds. The number of halogens is 2. The van der Waals surface area contributed by atoms with Gasteiger partial charge >= 0.3 is 6.61 Å². The zero-order chi connectivity index (χ0) is 15.4. The van der Waals surface area contributed by atoms with E-state index in [1.54, 1.807) is 32.2 Å². The monoisotopic (exact) mass is 294 g/mol. The Labute approximate surface area is 121 Å². The van der Waals surface area contributed by atoms with Crippen LogP contribution in [0, 0.1) is 13.8 Å². The number of hydrogen-bond acceptors (Lipinski definition) is 5. The summed E-state index contributed by atoms with van der Waals surface area (Å²) in [6.45, 7) is 0.714. The summed E-state index contributed by atoms with van der Waals surface area (Å²) in [5.41, 5.74) is 1.20. The fourth-order valence-corrected chi connectivity index (χ4v) is 1.89. The third-order valence-electron chi connectivity index (χ3n) is 2.85. The Bertz CT molecular complexity index is 634. The van der Waals surface area contributed by atoms with E-state index in [0.717, 1.165) is 5.56 Å². The van der Waals surface area contributed by atoms with Crippen LogP contribution in [0.25, 0.3) is 0 Å². The van der Waals surface area contributed by atoms with Crippen LogP contribution in [0.5, 0.6) is 5.75 Å². The van der Waals surface area contributed by atoms with Crippen LogP contribution in [0.15, 0.2) is 24.3 Å². The molecule has 1 heterocycles. The molecule has 1 aromatic heterocycles. The molecule has 0 aliphatic rings. The summed E-state index contributed by atoms with van der Waals surface area (Å²) in [7, 11) is 1.76. The topological polar surface area (TPSA) is 59.1 Å². The van der Waals surface area contributed by atoms with E-state index in [9.17, 15) is 8.78 Å². The Kier molecular flexibility index (Phi) is 4.52. The lowest BCUT2D eigenvalue weighted by Gasteiger charge is -2.15. The quantitative estimate of drug-likeness (QED) is 0.884. The third kappa shape index (κ3) is 3.56. The maximum absolute atomic E-state index is 12.4. The summed E-state index contributed by atoms with van der Waals surface area (Å²) in [5.74, 6) is 1.85. The third-order valence-corrected chi connectivity index (χ3v) is 2.85. The van der Waals surface area contributed by atoms with Crippen molar-refractivity contribution in [3.8, 4) is 5.75 Å². The van der Waals surface area contributed by atoms with E-state index < -0.39 is 6.61 Å². The maximum Gasteiger partial charge on any atom is 0.387 e. The SMILES string of the molecule is CNc1nc(C)nc(Nc2ccccc2OC(F)F)c1C. The van der Waals surface area contributed by atoms with Gasteiger partial charge in [-0.05, 0) is 26.0 Å². The van der Waals surface area contributed by atoms with Gasteiger partial charge in [0.1, 0.15) is 23.2 Å². The number of alkyl halides is 2. The van der Waals surface area contributed by atoms with Crippen molar-refractivity contribution in [3.63, 3.8) is 0 Å². The van der Waals surface area contributed by atoms with E-state index in [1.165, 1.54) is 6.07 Å². The highest BCUT2D eigenvalue weighted by atomic mass is 19.3. The first-order valence-electron chi connectivity index (χ1n) is 6.35. The minimum atomic E-state index is -2.88. The van der Waals surface area contributed by atoms with Gasteiger partial charge in [-0.15, -0.1) is 0 Å². The second-order valence-electron chi connectivity index (χ2n) is 4.34. The predicted molar refractivity (Wildman–Crippen MR) is 77.4 cm³/mol. The van der Waals surface area contributed by atoms with Crippen molar-refractivity contribution in [3.05, 3.63) is 35.7 Å². The van der Waals surface area contributed by atoms with Gasteiger partial charge < -0.3 is 15.4 Å². The standard InChI is InChI=1S/C14H16F2N4O/c1-8-12(17-3)18-9(2)19-13(8)20-10-6-4-5-7-11(10)21-14(15)16/h4-7,14H,1-3H3,(H2,17,18,19,20). The highest BCUT2D eigenvalue weighted by Crippen LogP contribution is 2.30. The number of nitrogens with one attached hydrogen (secondary N) is 2. The van der Waals surface area contributed by atoms with E-state index in [2.05, 4.69) is 25.3 Å². The van der Waals surface area contributed by atoms with Crippen molar-refractivity contribution in [2.24, 2.45) is 0 Å². The fourth-order valence-electron chi connectivity index (χ4n) is 1.89. The van der Waals surface area contributed by atoms with Gasteiger partial charge in [-0.3, -0.25) is 0 Å². The molecule has 7 heteroatoms. The van der Waals surface area contributed by atoms with E-state index in [1.807, 2.05) is 6.92 Å². The van der Waals surface area contributed by atoms with Crippen molar-refractivity contribution >= 4 is 17.3 Å². The molecule has 0 fully saturated rings. The molecule has 0 radical (unpaired) electrons. The molecular formula is C14H16F2N4O. The van der Waals surface area contributed by atoms with Crippen molar-refractivity contribution in [1.82, 2.24) is 9.97 Å². The van der Waals surface area contributed by atoms with Gasteiger partial charge in [0.25, 0.3) is 0 Å².